The van der Waals surface area contributed by atoms with Crippen molar-refractivity contribution < 1.29 is 14.7 Å². The van der Waals surface area contributed by atoms with Gasteiger partial charge in [-0.2, -0.15) is 0 Å². The van der Waals surface area contributed by atoms with Gasteiger partial charge in [0.05, 0.1) is 5.92 Å². The topological polar surface area (TPSA) is 83.6 Å². The van der Waals surface area contributed by atoms with E-state index < -0.39 is 17.9 Å². The number of benzene rings is 1. The molecule has 5 nitrogen and oxygen atoms in total. The molecule has 0 spiro atoms. The van der Waals surface area contributed by atoms with E-state index in [0.717, 1.165) is 17.5 Å². The van der Waals surface area contributed by atoms with E-state index in [0.29, 0.717) is 13.1 Å². The minimum atomic E-state index is -1.22. The number of aliphatic carboxylic acids is 1. The molecule has 1 fully saturated rings. The molecule has 1 saturated heterocycles. The van der Waals surface area contributed by atoms with Crippen LogP contribution in [0.2, 0.25) is 0 Å². The van der Waals surface area contributed by atoms with Crippen molar-refractivity contribution in [1.29, 1.82) is 0 Å². The maximum absolute atomic E-state index is 12.6. The summed E-state index contributed by atoms with van der Waals surface area (Å²) in [7, 11) is 0. The SMILES string of the molecule is CC(C)c1ccccc1C(C(=O)N1CCC1)[C@H](N)C(=O)O. The number of hydrogen-bond acceptors (Lipinski definition) is 3. The van der Waals surface area contributed by atoms with Crippen LogP contribution in [0.1, 0.15) is 43.2 Å². The highest BCUT2D eigenvalue weighted by molar-refractivity contribution is 5.91. The summed E-state index contributed by atoms with van der Waals surface area (Å²) in [4.78, 5) is 25.6. The van der Waals surface area contributed by atoms with Gasteiger partial charge < -0.3 is 15.7 Å². The molecule has 1 amide bonds. The summed E-state index contributed by atoms with van der Waals surface area (Å²) >= 11 is 0. The van der Waals surface area contributed by atoms with Crippen molar-refractivity contribution in [2.75, 3.05) is 13.1 Å². The fraction of sp³-hybridized carbons (Fsp3) is 0.500. The molecule has 0 saturated carbocycles. The molecule has 1 heterocycles. The van der Waals surface area contributed by atoms with Gasteiger partial charge in [-0.3, -0.25) is 9.59 Å². The van der Waals surface area contributed by atoms with Crippen LogP contribution in [0.15, 0.2) is 24.3 Å². The molecule has 2 atom stereocenters. The summed E-state index contributed by atoms with van der Waals surface area (Å²) in [6, 6.07) is 6.26. The van der Waals surface area contributed by atoms with Gasteiger partial charge >= 0.3 is 5.97 Å². The lowest BCUT2D eigenvalue weighted by Gasteiger charge is -2.36. The molecule has 0 bridgehead atoms. The highest BCUT2D eigenvalue weighted by Gasteiger charge is 2.38. The second-order valence-corrected chi connectivity index (χ2v) is 5.80. The zero-order valence-corrected chi connectivity index (χ0v) is 12.5. The Kier molecular flexibility index (Phi) is 4.63. The Bertz CT molecular complexity index is 538. The Hall–Kier alpha value is -1.88. The number of rotatable bonds is 5. The minimum Gasteiger partial charge on any atom is -0.480 e. The van der Waals surface area contributed by atoms with Crippen LogP contribution in [0.4, 0.5) is 0 Å². The molecule has 2 rings (SSSR count). The number of carbonyl (C=O) groups excluding carboxylic acids is 1. The highest BCUT2D eigenvalue weighted by Crippen LogP contribution is 2.30. The van der Waals surface area contributed by atoms with Crippen molar-refractivity contribution in [2.45, 2.75) is 38.1 Å². The first-order valence-electron chi connectivity index (χ1n) is 7.29. The van der Waals surface area contributed by atoms with E-state index in [4.69, 9.17) is 5.73 Å². The van der Waals surface area contributed by atoms with Crippen LogP contribution in [0, 0.1) is 0 Å². The molecule has 1 aliphatic heterocycles. The first-order chi connectivity index (χ1) is 9.93. The van der Waals surface area contributed by atoms with Gasteiger partial charge in [-0.05, 0) is 23.5 Å². The van der Waals surface area contributed by atoms with Crippen LogP contribution in [0.25, 0.3) is 0 Å². The van der Waals surface area contributed by atoms with E-state index in [-0.39, 0.29) is 11.8 Å². The third-order valence-electron chi connectivity index (χ3n) is 4.03. The van der Waals surface area contributed by atoms with Crippen molar-refractivity contribution in [3.05, 3.63) is 35.4 Å². The van der Waals surface area contributed by atoms with Crippen LogP contribution in [0.3, 0.4) is 0 Å². The first-order valence-corrected chi connectivity index (χ1v) is 7.29. The predicted molar refractivity (Wildman–Crippen MR) is 80.1 cm³/mol. The summed E-state index contributed by atoms with van der Waals surface area (Å²) in [5, 5.41) is 9.27. The third-order valence-corrected chi connectivity index (χ3v) is 4.03. The van der Waals surface area contributed by atoms with Gasteiger partial charge in [0.2, 0.25) is 5.91 Å². The largest absolute Gasteiger partial charge is 0.480 e. The summed E-state index contributed by atoms with van der Waals surface area (Å²) < 4.78 is 0. The van der Waals surface area contributed by atoms with Gasteiger partial charge in [0.15, 0.2) is 0 Å². The molecule has 114 valence electrons. The molecule has 1 unspecified atom stereocenters. The lowest BCUT2D eigenvalue weighted by atomic mass is 9.83. The third kappa shape index (κ3) is 3.08. The van der Waals surface area contributed by atoms with Gasteiger partial charge in [0.25, 0.3) is 0 Å². The molecule has 1 aromatic rings. The maximum atomic E-state index is 12.6. The van der Waals surface area contributed by atoms with Crippen LogP contribution in [0.5, 0.6) is 0 Å². The normalized spacial score (nSPS) is 17.2. The lowest BCUT2D eigenvalue weighted by Crippen LogP contribution is -2.50. The van der Waals surface area contributed by atoms with Gasteiger partial charge in [-0.15, -0.1) is 0 Å². The van der Waals surface area contributed by atoms with Gasteiger partial charge in [-0.25, -0.2) is 0 Å². The summed E-state index contributed by atoms with van der Waals surface area (Å²) in [5.41, 5.74) is 7.55. The fourth-order valence-corrected chi connectivity index (χ4v) is 2.68. The van der Waals surface area contributed by atoms with E-state index >= 15 is 0 Å². The number of hydrogen-bond donors (Lipinski definition) is 2. The van der Waals surface area contributed by atoms with E-state index in [2.05, 4.69) is 0 Å². The zero-order chi connectivity index (χ0) is 15.6. The number of carboxylic acids is 1. The summed E-state index contributed by atoms with van der Waals surface area (Å²) in [5.74, 6) is -1.94. The molecule has 21 heavy (non-hydrogen) atoms. The van der Waals surface area contributed by atoms with Gasteiger partial charge in [0.1, 0.15) is 6.04 Å². The zero-order valence-electron chi connectivity index (χ0n) is 12.5. The van der Waals surface area contributed by atoms with Crippen molar-refractivity contribution in [2.24, 2.45) is 5.73 Å². The van der Waals surface area contributed by atoms with Gasteiger partial charge in [0, 0.05) is 13.1 Å². The monoisotopic (exact) mass is 290 g/mol. The first kappa shape index (κ1) is 15.5. The number of likely N-dealkylation sites (tertiary alicyclic amines) is 1. The molecule has 3 N–H and O–H groups in total. The van der Waals surface area contributed by atoms with Crippen LogP contribution < -0.4 is 5.73 Å². The minimum absolute atomic E-state index is 0.177. The van der Waals surface area contributed by atoms with E-state index in [1.807, 2.05) is 38.1 Å². The molecule has 0 aromatic heterocycles. The molecule has 1 aliphatic rings. The molecular formula is C16H22N2O3. The molecule has 0 aliphatic carbocycles. The number of nitrogens with two attached hydrogens (primary N) is 1. The van der Waals surface area contributed by atoms with Gasteiger partial charge in [-0.1, -0.05) is 38.1 Å². The van der Waals surface area contributed by atoms with E-state index in [1.165, 1.54) is 0 Å². The second kappa shape index (κ2) is 6.26. The smallest absolute Gasteiger partial charge is 0.321 e. The standard InChI is InChI=1S/C16H22N2O3/c1-10(2)11-6-3-4-7-12(11)13(14(17)16(20)21)15(19)18-8-5-9-18/h3-4,6-7,10,13-14H,5,8-9,17H2,1-2H3,(H,20,21)/t13?,14-/m0/s1. The average Bonchev–Trinajstić information content (AvgIpc) is 2.37. The molecule has 0 radical (unpaired) electrons. The predicted octanol–water partition coefficient (Wildman–Crippen LogP) is 1.54. The fourth-order valence-electron chi connectivity index (χ4n) is 2.68. The van der Waals surface area contributed by atoms with Crippen molar-refractivity contribution >= 4 is 11.9 Å². The Morgan fingerprint density at radius 3 is 2.19 bits per heavy atom. The van der Waals surface area contributed by atoms with Crippen LogP contribution in [-0.2, 0) is 9.59 Å². The lowest BCUT2D eigenvalue weighted by molar-refractivity contribution is -0.145. The quantitative estimate of drug-likeness (QED) is 0.861. The summed E-state index contributed by atoms with van der Waals surface area (Å²) in [6.07, 6.45) is 0.965. The number of amides is 1. The van der Waals surface area contributed by atoms with Crippen LogP contribution >= 0.6 is 0 Å². The number of nitrogens with zero attached hydrogens (tertiary/aromatic N) is 1. The summed E-state index contributed by atoms with van der Waals surface area (Å²) in [6.45, 7) is 5.42. The maximum Gasteiger partial charge on any atom is 0.321 e. The van der Waals surface area contributed by atoms with E-state index in [1.54, 1.807) is 4.90 Å². The Labute approximate surface area is 124 Å². The number of carbonyl (C=O) groups is 2. The van der Waals surface area contributed by atoms with E-state index in [9.17, 15) is 14.7 Å². The average molecular weight is 290 g/mol. The van der Waals surface area contributed by atoms with Crippen molar-refractivity contribution in [1.82, 2.24) is 4.90 Å². The van der Waals surface area contributed by atoms with Crippen LogP contribution in [-0.4, -0.2) is 41.0 Å². The van der Waals surface area contributed by atoms with Crippen molar-refractivity contribution in [3.8, 4) is 0 Å². The Morgan fingerprint density at radius 1 is 1.19 bits per heavy atom. The molecule has 1 aromatic carbocycles. The Balaban J connectivity index is 2.44. The highest BCUT2D eigenvalue weighted by atomic mass is 16.4. The molecular weight excluding hydrogens is 268 g/mol. The molecule has 5 heteroatoms. The number of carboxylic acid groups (broad SMARTS) is 1. The van der Waals surface area contributed by atoms with Crippen molar-refractivity contribution in [3.63, 3.8) is 0 Å². The second-order valence-electron chi connectivity index (χ2n) is 5.80. The Morgan fingerprint density at radius 2 is 1.76 bits per heavy atom.